The minimum absolute atomic E-state index is 0.254. The monoisotopic (exact) mass is 267 g/mol. The topological polar surface area (TPSA) is 39.1 Å². The van der Waals surface area contributed by atoms with E-state index in [0.29, 0.717) is 28.3 Å². The summed E-state index contributed by atoms with van der Waals surface area (Å²) in [7, 11) is 0. The molecule has 0 amide bonds. The third-order valence-corrected chi connectivity index (χ3v) is 3.16. The molecule has 0 aliphatic rings. The Morgan fingerprint density at radius 2 is 1.85 bits per heavy atom. The number of carbonyl (C=O) groups is 2. The van der Waals surface area contributed by atoms with Gasteiger partial charge in [-0.3, -0.25) is 14.2 Å². The van der Waals surface area contributed by atoms with Crippen LogP contribution in [-0.2, 0) is 0 Å². The molecule has 0 unspecified atom stereocenters. The Kier molecular flexibility index (Phi) is 2.91. The molecular weight excluding hydrogens is 257 g/mol. The van der Waals surface area contributed by atoms with Crippen molar-refractivity contribution < 1.29 is 14.0 Å². The van der Waals surface area contributed by atoms with E-state index in [9.17, 15) is 14.0 Å². The van der Waals surface area contributed by atoms with Gasteiger partial charge in [-0.1, -0.05) is 18.2 Å². The van der Waals surface area contributed by atoms with Crippen molar-refractivity contribution in [3.8, 4) is 0 Å². The fourth-order valence-corrected chi connectivity index (χ4v) is 2.21. The molecule has 3 rings (SSSR count). The lowest BCUT2D eigenvalue weighted by atomic mass is 10.2. The predicted molar refractivity (Wildman–Crippen MR) is 73.5 cm³/mol. The second-order valence-electron chi connectivity index (χ2n) is 4.40. The van der Waals surface area contributed by atoms with Gasteiger partial charge < -0.3 is 0 Å². The van der Waals surface area contributed by atoms with Gasteiger partial charge >= 0.3 is 0 Å². The average Bonchev–Trinajstić information content (AvgIpc) is 2.85. The Hall–Kier alpha value is -2.75. The molecule has 3 nitrogen and oxygen atoms in total. The van der Waals surface area contributed by atoms with Crippen molar-refractivity contribution in [1.82, 2.24) is 4.57 Å². The van der Waals surface area contributed by atoms with E-state index in [2.05, 4.69) is 0 Å². The summed E-state index contributed by atoms with van der Waals surface area (Å²) in [5.41, 5.74) is 1.32. The zero-order valence-corrected chi connectivity index (χ0v) is 10.4. The van der Waals surface area contributed by atoms with Crippen LogP contribution < -0.4 is 0 Å². The maximum absolute atomic E-state index is 13.3. The van der Waals surface area contributed by atoms with E-state index in [1.54, 1.807) is 24.3 Å². The van der Waals surface area contributed by atoms with Crippen molar-refractivity contribution in [2.24, 2.45) is 0 Å². The van der Waals surface area contributed by atoms with Crippen LogP contribution in [0.3, 0.4) is 0 Å². The first kappa shape index (κ1) is 12.3. The molecule has 0 saturated heterocycles. The minimum Gasteiger partial charge on any atom is -0.298 e. The van der Waals surface area contributed by atoms with Crippen LogP contribution in [-0.4, -0.2) is 16.8 Å². The smallest absolute Gasteiger partial charge is 0.262 e. The van der Waals surface area contributed by atoms with E-state index in [1.165, 1.54) is 29.0 Å². The van der Waals surface area contributed by atoms with Gasteiger partial charge in [0, 0.05) is 22.7 Å². The van der Waals surface area contributed by atoms with Gasteiger partial charge in [0.05, 0.1) is 5.52 Å². The van der Waals surface area contributed by atoms with E-state index in [1.807, 2.05) is 6.07 Å². The highest BCUT2D eigenvalue weighted by atomic mass is 19.1. The molecular formula is C16H10FNO2. The number of hydrogen-bond donors (Lipinski definition) is 0. The van der Waals surface area contributed by atoms with Crippen molar-refractivity contribution in [1.29, 1.82) is 0 Å². The Bertz CT molecular complexity index is 806. The standard InChI is InChI=1S/C16H10FNO2/c17-13-6-7-15-14(8-13)12(10-19)9-18(15)16(20)11-4-2-1-3-5-11/h1-10H. The third kappa shape index (κ3) is 1.91. The van der Waals surface area contributed by atoms with Gasteiger partial charge in [0.15, 0.2) is 6.29 Å². The lowest BCUT2D eigenvalue weighted by molar-refractivity contribution is 0.0965. The quantitative estimate of drug-likeness (QED) is 0.668. The zero-order chi connectivity index (χ0) is 14.1. The first-order valence-electron chi connectivity index (χ1n) is 6.06. The maximum Gasteiger partial charge on any atom is 0.262 e. The fourth-order valence-electron chi connectivity index (χ4n) is 2.21. The molecule has 0 atom stereocenters. The summed E-state index contributed by atoms with van der Waals surface area (Å²) in [6.07, 6.45) is 2.06. The highest BCUT2D eigenvalue weighted by Gasteiger charge is 2.15. The summed E-state index contributed by atoms with van der Waals surface area (Å²) in [5.74, 6) is -0.694. The SMILES string of the molecule is O=Cc1cn(C(=O)c2ccccc2)c2ccc(F)cc12. The van der Waals surface area contributed by atoms with Crippen molar-refractivity contribution in [3.05, 3.63) is 71.7 Å². The number of nitrogens with zero attached hydrogens (tertiary/aromatic N) is 1. The van der Waals surface area contributed by atoms with Crippen LogP contribution in [0.4, 0.5) is 4.39 Å². The molecule has 3 aromatic rings. The summed E-state index contributed by atoms with van der Waals surface area (Å²) >= 11 is 0. The Morgan fingerprint density at radius 3 is 2.55 bits per heavy atom. The van der Waals surface area contributed by atoms with Gasteiger partial charge in [0.25, 0.3) is 5.91 Å². The summed E-state index contributed by atoms with van der Waals surface area (Å²) in [5, 5.41) is 0.435. The third-order valence-electron chi connectivity index (χ3n) is 3.16. The second-order valence-corrected chi connectivity index (χ2v) is 4.40. The van der Waals surface area contributed by atoms with Crippen LogP contribution in [0, 0.1) is 5.82 Å². The van der Waals surface area contributed by atoms with E-state index >= 15 is 0 Å². The van der Waals surface area contributed by atoms with E-state index < -0.39 is 5.82 Å². The number of carbonyl (C=O) groups excluding carboxylic acids is 2. The Labute approximate surface area is 114 Å². The van der Waals surface area contributed by atoms with Crippen molar-refractivity contribution in [2.45, 2.75) is 0 Å². The van der Waals surface area contributed by atoms with Crippen LogP contribution in [0.15, 0.2) is 54.7 Å². The number of benzene rings is 2. The van der Waals surface area contributed by atoms with Crippen LogP contribution in [0.2, 0.25) is 0 Å². The second kappa shape index (κ2) is 4.74. The first-order valence-corrected chi connectivity index (χ1v) is 6.06. The van der Waals surface area contributed by atoms with Gasteiger partial charge in [0.2, 0.25) is 0 Å². The average molecular weight is 267 g/mol. The van der Waals surface area contributed by atoms with Gasteiger partial charge in [0.1, 0.15) is 5.82 Å². The number of rotatable bonds is 2. The number of hydrogen-bond acceptors (Lipinski definition) is 2. The molecule has 2 aromatic carbocycles. The molecule has 4 heteroatoms. The lowest BCUT2D eigenvalue weighted by Crippen LogP contribution is -2.10. The summed E-state index contributed by atoms with van der Waals surface area (Å²) in [4.78, 5) is 23.5. The largest absolute Gasteiger partial charge is 0.298 e. The van der Waals surface area contributed by atoms with Crippen molar-refractivity contribution >= 4 is 23.1 Å². The molecule has 0 fully saturated rings. The molecule has 20 heavy (non-hydrogen) atoms. The molecule has 1 aromatic heterocycles. The number of aromatic nitrogens is 1. The molecule has 0 aliphatic heterocycles. The van der Waals surface area contributed by atoms with Gasteiger partial charge in [-0.25, -0.2) is 4.39 Å². The van der Waals surface area contributed by atoms with E-state index in [-0.39, 0.29) is 5.91 Å². The van der Waals surface area contributed by atoms with Crippen molar-refractivity contribution in [2.75, 3.05) is 0 Å². The van der Waals surface area contributed by atoms with E-state index in [4.69, 9.17) is 0 Å². The lowest BCUT2D eigenvalue weighted by Gasteiger charge is -2.03. The van der Waals surface area contributed by atoms with Crippen LogP contribution in [0.25, 0.3) is 10.9 Å². The summed E-state index contributed by atoms with van der Waals surface area (Å²) in [6, 6.07) is 12.8. The number of aldehydes is 1. The fraction of sp³-hybridized carbons (Fsp3) is 0. The molecule has 0 aliphatic carbocycles. The molecule has 0 radical (unpaired) electrons. The normalized spacial score (nSPS) is 10.7. The Balaban J connectivity index is 2.22. The minimum atomic E-state index is -0.439. The van der Waals surface area contributed by atoms with Crippen LogP contribution in [0.5, 0.6) is 0 Å². The molecule has 0 N–H and O–H groups in total. The summed E-state index contributed by atoms with van der Waals surface area (Å²) < 4.78 is 14.6. The zero-order valence-electron chi connectivity index (χ0n) is 10.4. The van der Waals surface area contributed by atoms with Crippen LogP contribution >= 0.6 is 0 Å². The highest BCUT2D eigenvalue weighted by molar-refractivity contribution is 6.06. The molecule has 0 spiro atoms. The molecule has 0 saturated carbocycles. The number of halogens is 1. The van der Waals surface area contributed by atoms with Gasteiger partial charge in [-0.2, -0.15) is 0 Å². The van der Waals surface area contributed by atoms with E-state index in [0.717, 1.165) is 0 Å². The Morgan fingerprint density at radius 1 is 1.10 bits per heavy atom. The highest BCUT2D eigenvalue weighted by Crippen LogP contribution is 2.22. The molecule has 98 valence electrons. The predicted octanol–water partition coefficient (Wildman–Crippen LogP) is 3.28. The van der Waals surface area contributed by atoms with Crippen molar-refractivity contribution in [3.63, 3.8) is 0 Å². The van der Waals surface area contributed by atoms with Gasteiger partial charge in [-0.15, -0.1) is 0 Å². The number of fused-ring (bicyclic) bond motifs is 1. The molecule has 0 bridgehead atoms. The first-order chi connectivity index (χ1) is 9.70. The van der Waals surface area contributed by atoms with Gasteiger partial charge in [-0.05, 0) is 30.3 Å². The molecule has 1 heterocycles. The van der Waals surface area contributed by atoms with Crippen LogP contribution in [0.1, 0.15) is 20.7 Å². The summed E-state index contributed by atoms with van der Waals surface area (Å²) in [6.45, 7) is 0. The maximum atomic E-state index is 13.3.